The van der Waals surface area contributed by atoms with Crippen molar-refractivity contribution in [2.75, 3.05) is 12.0 Å². The van der Waals surface area contributed by atoms with Crippen LogP contribution >= 0.6 is 0 Å². The number of rotatable bonds is 5. The lowest BCUT2D eigenvalue weighted by atomic mass is 9.95. The molecule has 7 nitrogen and oxygen atoms in total. The average molecular weight is 292 g/mol. The molecular weight excluding hydrogens is 272 g/mol. The van der Waals surface area contributed by atoms with Gasteiger partial charge in [-0.3, -0.25) is 20.8 Å². The Morgan fingerprint density at radius 3 is 2.76 bits per heavy atom. The van der Waals surface area contributed by atoms with E-state index in [4.69, 9.17) is 5.84 Å². The molecule has 3 N–H and O–H groups in total. The van der Waals surface area contributed by atoms with Crippen molar-refractivity contribution in [1.29, 1.82) is 0 Å². The number of hydrazine groups is 1. The van der Waals surface area contributed by atoms with E-state index in [-0.39, 0.29) is 17.3 Å². The lowest BCUT2D eigenvalue weighted by molar-refractivity contribution is -0.384. The van der Waals surface area contributed by atoms with E-state index in [9.17, 15) is 14.9 Å². The summed E-state index contributed by atoms with van der Waals surface area (Å²) in [6.45, 7) is 5.42. The molecule has 0 aliphatic carbocycles. The van der Waals surface area contributed by atoms with E-state index in [2.05, 4.69) is 19.3 Å². The van der Waals surface area contributed by atoms with E-state index < -0.39 is 4.92 Å². The van der Waals surface area contributed by atoms with Gasteiger partial charge >= 0.3 is 0 Å². The van der Waals surface area contributed by atoms with E-state index in [0.717, 1.165) is 12.1 Å². The molecule has 1 heterocycles. The van der Waals surface area contributed by atoms with Crippen LogP contribution in [-0.4, -0.2) is 22.3 Å². The number of nitrogens with two attached hydrogens (primary N) is 1. The van der Waals surface area contributed by atoms with Gasteiger partial charge in [0.15, 0.2) is 0 Å². The van der Waals surface area contributed by atoms with Gasteiger partial charge in [-0.2, -0.15) is 0 Å². The van der Waals surface area contributed by atoms with Crippen LogP contribution in [0.4, 0.5) is 11.4 Å². The summed E-state index contributed by atoms with van der Waals surface area (Å²) in [4.78, 5) is 24.2. The molecule has 1 atom stereocenters. The number of carbonyl (C=O) groups excluding carboxylic acids is 1. The maximum Gasteiger partial charge on any atom is 0.293 e. The quantitative estimate of drug-likeness (QED) is 0.490. The summed E-state index contributed by atoms with van der Waals surface area (Å²) in [5, 5.41) is 10.9. The molecule has 1 unspecified atom stereocenters. The largest absolute Gasteiger partial charge is 0.338 e. The first kappa shape index (κ1) is 15.2. The zero-order valence-electron chi connectivity index (χ0n) is 12.2. The summed E-state index contributed by atoms with van der Waals surface area (Å²) >= 11 is 0. The number of anilines is 1. The van der Waals surface area contributed by atoms with Crippen LogP contribution in [0.25, 0.3) is 0 Å². The van der Waals surface area contributed by atoms with Crippen LogP contribution < -0.4 is 11.3 Å². The van der Waals surface area contributed by atoms with Gasteiger partial charge in [-0.1, -0.05) is 19.9 Å². The minimum atomic E-state index is -0.491. The Bertz CT molecular complexity index is 559. The highest BCUT2D eigenvalue weighted by molar-refractivity contribution is 5.78. The first-order valence-corrected chi connectivity index (χ1v) is 6.94. The molecule has 1 fully saturated rings. The zero-order chi connectivity index (χ0) is 15.6. The molecule has 1 saturated heterocycles. The van der Waals surface area contributed by atoms with Crippen molar-refractivity contribution in [3.63, 3.8) is 0 Å². The van der Waals surface area contributed by atoms with E-state index in [1.807, 2.05) is 0 Å². The van der Waals surface area contributed by atoms with E-state index in [1.54, 1.807) is 17.0 Å². The third-order valence-corrected chi connectivity index (χ3v) is 3.97. The average Bonchev–Trinajstić information content (AvgIpc) is 2.80. The number of hydrogen-bond donors (Lipinski definition) is 2. The zero-order valence-corrected chi connectivity index (χ0v) is 12.2. The van der Waals surface area contributed by atoms with Crippen LogP contribution in [-0.2, 0) is 11.3 Å². The highest BCUT2D eigenvalue weighted by Crippen LogP contribution is 2.28. The number of likely N-dealkylation sites (tertiary alicyclic amines) is 1. The van der Waals surface area contributed by atoms with Crippen LogP contribution in [0.2, 0.25) is 0 Å². The van der Waals surface area contributed by atoms with Crippen LogP contribution in [0.1, 0.15) is 25.8 Å². The maximum atomic E-state index is 12.0. The summed E-state index contributed by atoms with van der Waals surface area (Å²) in [5.41, 5.74) is 3.34. The van der Waals surface area contributed by atoms with E-state index >= 15 is 0 Å². The molecule has 1 aromatic rings. The Hall–Kier alpha value is -2.15. The number of carbonyl (C=O) groups is 1. The van der Waals surface area contributed by atoms with Crippen molar-refractivity contribution in [3.8, 4) is 0 Å². The van der Waals surface area contributed by atoms with Crippen molar-refractivity contribution in [2.45, 2.75) is 26.8 Å². The molecule has 1 aliphatic heterocycles. The van der Waals surface area contributed by atoms with Crippen molar-refractivity contribution >= 4 is 17.3 Å². The lowest BCUT2D eigenvalue weighted by Crippen LogP contribution is -2.25. The number of hydrogen-bond acceptors (Lipinski definition) is 5. The van der Waals surface area contributed by atoms with Gasteiger partial charge in [-0.05, 0) is 23.5 Å². The van der Waals surface area contributed by atoms with Crippen molar-refractivity contribution in [3.05, 3.63) is 33.9 Å². The number of nitro groups is 1. The topological polar surface area (TPSA) is 102 Å². The molecule has 0 spiro atoms. The normalized spacial score (nSPS) is 18.4. The molecule has 0 saturated carbocycles. The van der Waals surface area contributed by atoms with Crippen molar-refractivity contribution < 1.29 is 9.72 Å². The number of nitrogen functional groups attached to an aromatic ring is 1. The first-order valence-electron chi connectivity index (χ1n) is 6.94. The number of benzene rings is 1. The maximum absolute atomic E-state index is 12.0. The summed E-state index contributed by atoms with van der Waals surface area (Å²) in [6, 6.07) is 4.69. The van der Waals surface area contributed by atoms with Crippen LogP contribution in [0.15, 0.2) is 18.2 Å². The van der Waals surface area contributed by atoms with Crippen LogP contribution in [0.3, 0.4) is 0 Å². The number of nitro benzene ring substituents is 1. The van der Waals surface area contributed by atoms with Crippen molar-refractivity contribution in [2.24, 2.45) is 17.7 Å². The van der Waals surface area contributed by atoms with E-state index in [0.29, 0.717) is 24.8 Å². The van der Waals surface area contributed by atoms with E-state index in [1.165, 1.54) is 6.07 Å². The van der Waals surface area contributed by atoms with Gasteiger partial charge in [0, 0.05) is 25.6 Å². The number of nitrogens with one attached hydrogen (secondary N) is 1. The lowest BCUT2D eigenvalue weighted by Gasteiger charge is -2.18. The highest BCUT2D eigenvalue weighted by Gasteiger charge is 2.31. The monoisotopic (exact) mass is 292 g/mol. The summed E-state index contributed by atoms with van der Waals surface area (Å²) in [6.07, 6.45) is 0.576. The molecule has 0 radical (unpaired) electrons. The number of amides is 1. The fourth-order valence-corrected chi connectivity index (χ4v) is 2.58. The molecule has 0 bridgehead atoms. The summed E-state index contributed by atoms with van der Waals surface area (Å²) < 4.78 is 0. The smallest absolute Gasteiger partial charge is 0.293 e. The van der Waals surface area contributed by atoms with Gasteiger partial charge in [-0.25, -0.2) is 0 Å². The second-order valence-corrected chi connectivity index (χ2v) is 5.74. The standard InChI is InChI=1S/C14H20N4O3/c1-9(2)11-6-14(19)17(8-11)7-10-3-4-13(18(20)21)12(5-10)16-15/h3-5,9,11,16H,6-8,15H2,1-2H3. The van der Waals surface area contributed by atoms with Gasteiger partial charge in [0.05, 0.1) is 4.92 Å². The molecule has 0 aromatic heterocycles. The predicted molar refractivity (Wildman–Crippen MR) is 79.3 cm³/mol. The SMILES string of the molecule is CC(C)C1CC(=O)N(Cc2ccc([N+](=O)[O-])c(NN)c2)C1. The third kappa shape index (κ3) is 3.30. The Morgan fingerprint density at radius 2 is 2.24 bits per heavy atom. The van der Waals surface area contributed by atoms with Crippen LogP contribution in [0, 0.1) is 22.0 Å². The second kappa shape index (κ2) is 6.09. The third-order valence-electron chi connectivity index (χ3n) is 3.97. The summed E-state index contributed by atoms with van der Waals surface area (Å²) in [7, 11) is 0. The summed E-state index contributed by atoms with van der Waals surface area (Å²) in [5.74, 6) is 6.30. The van der Waals surface area contributed by atoms with Gasteiger partial charge in [0.1, 0.15) is 5.69 Å². The first-order chi connectivity index (χ1) is 9.92. The molecule has 1 aromatic carbocycles. The Morgan fingerprint density at radius 1 is 1.52 bits per heavy atom. The molecule has 114 valence electrons. The molecular formula is C14H20N4O3. The molecule has 7 heteroatoms. The Kier molecular flexibility index (Phi) is 4.42. The Labute approximate surface area is 123 Å². The molecule has 1 aliphatic rings. The second-order valence-electron chi connectivity index (χ2n) is 5.74. The van der Waals surface area contributed by atoms with Crippen molar-refractivity contribution in [1.82, 2.24) is 4.90 Å². The fraction of sp³-hybridized carbons (Fsp3) is 0.500. The van der Waals surface area contributed by atoms with Gasteiger partial charge in [0.2, 0.25) is 5.91 Å². The van der Waals surface area contributed by atoms with Gasteiger partial charge < -0.3 is 10.3 Å². The highest BCUT2D eigenvalue weighted by atomic mass is 16.6. The Balaban J connectivity index is 2.13. The predicted octanol–water partition coefficient (Wildman–Crippen LogP) is 1.88. The molecule has 2 rings (SSSR count). The minimum Gasteiger partial charge on any atom is -0.338 e. The molecule has 21 heavy (non-hydrogen) atoms. The number of nitrogens with zero attached hydrogens (tertiary/aromatic N) is 2. The fourth-order valence-electron chi connectivity index (χ4n) is 2.58. The van der Waals surface area contributed by atoms with Crippen LogP contribution in [0.5, 0.6) is 0 Å². The van der Waals surface area contributed by atoms with Gasteiger partial charge in [0.25, 0.3) is 5.69 Å². The van der Waals surface area contributed by atoms with Gasteiger partial charge in [-0.15, -0.1) is 0 Å². The minimum absolute atomic E-state index is 0.0749. The molecule has 1 amide bonds.